The number of hydrogen-bond acceptors (Lipinski definition) is 4. The van der Waals surface area contributed by atoms with Gasteiger partial charge in [-0.05, 0) is 49.2 Å². The van der Waals surface area contributed by atoms with Crippen LogP contribution in [0.15, 0.2) is 59.1 Å². The van der Waals surface area contributed by atoms with Crippen LogP contribution in [0.25, 0.3) is 0 Å². The molecule has 1 fully saturated rings. The second-order valence-electron chi connectivity index (χ2n) is 7.36. The van der Waals surface area contributed by atoms with E-state index in [2.05, 4.69) is 26.6 Å². The smallest absolute Gasteiger partial charge is 0.243 e. The highest BCUT2D eigenvalue weighted by atomic mass is 79.9. The van der Waals surface area contributed by atoms with Crippen molar-refractivity contribution in [2.75, 3.05) is 31.6 Å². The van der Waals surface area contributed by atoms with Gasteiger partial charge in [-0.15, -0.1) is 0 Å². The highest BCUT2D eigenvalue weighted by molar-refractivity contribution is 9.10. The number of anilines is 1. The fourth-order valence-corrected chi connectivity index (χ4v) is 3.66. The van der Waals surface area contributed by atoms with E-state index in [1.54, 1.807) is 17.0 Å². The SMILES string of the molecule is O=C(CNC(=O)C1CCCN(C(=O)CCOc2ccccc2)C1)Nc1ccc(Br)cc1. The van der Waals surface area contributed by atoms with Crippen LogP contribution in [0.4, 0.5) is 5.69 Å². The highest BCUT2D eigenvalue weighted by Crippen LogP contribution is 2.18. The zero-order valence-electron chi connectivity index (χ0n) is 17.2. The van der Waals surface area contributed by atoms with Gasteiger partial charge < -0.3 is 20.3 Å². The van der Waals surface area contributed by atoms with Gasteiger partial charge in [0.1, 0.15) is 5.75 Å². The van der Waals surface area contributed by atoms with Crippen molar-refractivity contribution in [3.8, 4) is 5.75 Å². The second-order valence-corrected chi connectivity index (χ2v) is 8.28. The van der Waals surface area contributed by atoms with Gasteiger partial charge in [0.2, 0.25) is 17.7 Å². The quantitative estimate of drug-likeness (QED) is 0.598. The molecule has 0 aromatic heterocycles. The predicted octanol–water partition coefficient (Wildman–Crippen LogP) is 3.21. The maximum Gasteiger partial charge on any atom is 0.243 e. The molecule has 0 bridgehead atoms. The molecule has 1 aliphatic rings. The molecule has 1 heterocycles. The monoisotopic (exact) mass is 487 g/mol. The molecule has 0 saturated carbocycles. The van der Waals surface area contributed by atoms with Crippen LogP contribution in [0.3, 0.4) is 0 Å². The van der Waals surface area contributed by atoms with Crippen molar-refractivity contribution < 1.29 is 19.1 Å². The third-order valence-corrected chi connectivity index (χ3v) is 5.55. The van der Waals surface area contributed by atoms with Gasteiger partial charge in [0.15, 0.2) is 0 Å². The molecular formula is C23H26BrN3O4. The number of hydrogen-bond donors (Lipinski definition) is 2. The van der Waals surface area contributed by atoms with Gasteiger partial charge in [-0.1, -0.05) is 34.1 Å². The predicted molar refractivity (Wildman–Crippen MR) is 122 cm³/mol. The molecule has 0 aliphatic carbocycles. The van der Waals surface area contributed by atoms with Crippen molar-refractivity contribution >= 4 is 39.3 Å². The van der Waals surface area contributed by atoms with Gasteiger partial charge >= 0.3 is 0 Å². The Bertz CT molecular complexity index is 889. The molecule has 31 heavy (non-hydrogen) atoms. The number of para-hydroxylation sites is 1. The molecule has 1 unspecified atom stereocenters. The summed E-state index contributed by atoms with van der Waals surface area (Å²) in [6.07, 6.45) is 1.72. The van der Waals surface area contributed by atoms with Gasteiger partial charge in [0.25, 0.3) is 0 Å². The molecular weight excluding hydrogens is 462 g/mol. The zero-order chi connectivity index (χ0) is 22.1. The summed E-state index contributed by atoms with van der Waals surface area (Å²) in [7, 11) is 0. The maximum atomic E-state index is 12.5. The van der Waals surface area contributed by atoms with Crippen LogP contribution in [0.2, 0.25) is 0 Å². The van der Waals surface area contributed by atoms with Gasteiger partial charge in [-0.3, -0.25) is 14.4 Å². The van der Waals surface area contributed by atoms with E-state index < -0.39 is 0 Å². The number of rotatable bonds is 8. The molecule has 0 spiro atoms. The minimum absolute atomic E-state index is 0.0265. The first-order valence-electron chi connectivity index (χ1n) is 10.3. The van der Waals surface area contributed by atoms with Gasteiger partial charge in [-0.2, -0.15) is 0 Å². The van der Waals surface area contributed by atoms with Crippen molar-refractivity contribution in [1.82, 2.24) is 10.2 Å². The fourth-order valence-electron chi connectivity index (χ4n) is 3.40. The van der Waals surface area contributed by atoms with Gasteiger partial charge in [-0.25, -0.2) is 0 Å². The van der Waals surface area contributed by atoms with Crippen LogP contribution in [-0.2, 0) is 14.4 Å². The normalized spacial score (nSPS) is 15.8. The molecule has 2 aromatic rings. The number of likely N-dealkylation sites (tertiary alicyclic amines) is 1. The Labute approximate surface area is 190 Å². The van der Waals surface area contributed by atoms with E-state index in [0.29, 0.717) is 31.8 Å². The summed E-state index contributed by atoms with van der Waals surface area (Å²) in [5, 5.41) is 5.42. The van der Waals surface area contributed by atoms with E-state index in [4.69, 9.17) is 4.74 Å². The molecule has 2 aromatic carbocycles. The zero-order valence-corrected chi connectivity index (χ0v) is 18.8. The van der Waals surface area contributed by atoms with E-state index in [-0.39, 0.29) is 36.6 Å². The van der Waals surface area contributed by atoms with Crippen molar-refractivity contribution in [2.45, 2.75) is 19.3 Å². The number of carbonyl (C=O) groups is 3. The summed E-state index contributed by atoms with van der Waals surface area (Å²) >= 11 is 3.34. The van der Waals surface area contributed by atoms with E-state index in [1.807, 2.05) is 42.5 Å². The summed E-state index contributed by atoms with van der Waals surface area (Å²) in [6.45, 7) is 1.19. The first-order valence-corrected chi connectivity index (χ1v) is 11.1. The van der Waals surface area contributed by atoms with Crippen LogP contribution >= 0.6 is 15.9 Å². The molecule has 3 rings (SSSR count). The second kappa shape index (κ2) is 11.5. The standard InChI is InChI=1S/C23H26BrN3O4/c24-18-8-10-19(11-9-18)26-21(28)15-25-23(30)17-5-4-13-27(16-17)22(29)12-14-31-20-6-2-1-3-7-20/h1-3,6-11,17H,4-5,12-16H2,(H,25,30)(H,26,28). The van der Waals surface area contributed by atoms with Crippen molar-refractivity contribution in [3.63, 3.8) is 0 Å². The largest absolute Gasteiger partial charge is 0.493 e. The number of amides is 3. The number of nitrogens with zero attached hydrogens (tertiary/aromatic N) is 1. The lowest BCUT2D eigenvalue weighted by molar-refractivity contribution is -0.136. The third kappa shape index (κ3) is 7.40. The molecule has 0 radical (unpaired) electrons. The average molecular weight is 488 g/mol. The van der Waals surface area contributed by atoms with Crippen LogP contribution in [0.5, 0.6) is 5.75 Å². The minimum Gasteiger partial charge on any atom is -0.493 e. The van der Waals surface area contributed by atoms with Crippen LogP contribution in [0.1, 0.15) is 19.3 Å². The van der Waals surface area contributed by atoms with E-state index >= 15 is 0 Å². The van der Waals surface area contributed by atoms with Crippen molar-refractivity contribution in [1.29, 1.82) is 0 Å². The first-order chi connectivity index (χ1) is 15.0. The number of piperidine rings is 1. The summed E-state index contributed by atoms with van der Waals surface area (Å²) in [4.78, 5) is 38.8. The van der Waals surface area contributed by atoms with E-state index in [0.717, 1.165) is 16.6 Å². The maximum absolute atomic E-state index is 12.5. The lowest BCUT2D eigenvalue weighted by Crippen LogP contribution is -2.46. The molecule has 164 valence electrons. The number of ether oxygens (including phenoxy) is 1. The van der Waals surface area contributed by atoms with Gasteiger partial charge in [0.05, 0.1) is 25.5 Å². The average Bonchev–Trinajstić information content (AvgIpc) is 2.79. The molecule has 1 saturated heterocycles. The van der Waals surface area contributed by atoms with Crippen molar-refractivity contribution in [3.05, 3.63) is 59.1 Å². The summed E-state index contributed by atoms with van der Waals surface area (Å²) in [6, 6.07) is 16.6. The van der Waals surface area contributed by atoms with Crippen LogP contribution < -0.4 is 15.4 Å². The molecule has 2 N–H and O–H groups in total. The topological polar surface area (TPSA) is 87.7 Å². The Morgan fingerprint density at radius 1 is 1.06 bits per heavy atom. The number of benzene rings is 2. The van der Waals surface area contributed by atoms with Gasteiger partial charge in [0, 0.05) is 23.2 Å². The van der Waals surface area contributed by atoms with Crippen molar-refractivity contribution in [2.24, 2.45) is 5.92 Å². The Morgan fingerprint density at radius 2 is 1.81 bits per heavy atom. The third-order valence-electron chi connectivity index (χ3n) is 5.02. The van der Waals surface area contributed by atoms with Crippen LogP contribution in [0, 0.1) is 5.92 Å². The Kier molecular flexibility index (Phi) is 8.46. The molecule has 8 heteroatoms. The van der Waals surface area contributed by atoms with Crippen LogP contribution in [-0.4, -0.2) is 48.9 Å². The lowest BCUT2D eigenvalue weighted by atomic mass is 9.97. The Balaban J connectivity index is 1.39. The summed E-state index contributed by atoms with van der Waals surface area (Å²) < 4.78 is 6.51. The first kappa shape index (κ1) is 22.8. The molecule has 1 aliphatic heterocycles. The Hall–Kier alpha value is -2.87. The molecule has 1 atom stereocenters. The number of halogens is 1. The minimum atomic E-state index is -0.312. The summed E-state index contributed by atoms with van der Waals surface area (Å²) in [5.41, 5.74) is 0.662. The Morgan fingerprint density at radius 3 is 2.55 bits per heavy atom. The fraction of sp³-hybridized carbons (Fsp3) is 0.348. The summed E-state index contributed by atoms with van der Waals surface area (Å²) in [5.74, 6) is -0.108. The van der Waals surface area contributed by atoms with E-state index in [1.165, 1.54) is 0 Å². The molecule has 3 amide bonds. The number of carbonyl (C=O) groups excluding carboxylic acids is 3. The molecule has 7 nitrogen and oxygen atoms in total. The number of nitrogens with one attached hydrogen (secondary N) is 2. The van der Waals surface area contributed by atoms with E-state index in [9.17, 15) is 14.4 Å². The lowest BCUT2D eigenvalue weighted by Gasteiger charge is -2.32. The highest BCUT2D eigenvalue weighted by Gasteiger charge is 2.28.